The number of nitriles is 1. The Balaban J connectivity index is 2.90. The second-order valence-electron chi connectivity index (χ2n) is 6.05. The van der Waals surface area contributed by atoms with Crippen LogP contribution in [0.5, 0.6) is 0 Å². The van der Waals surface area contributed by atoms with E-state index in [4.69, 9.17) is 9.47 Å². The summed E-state index contributed by atoms with van der Waals surface area (Å²) in [6.45, 7) is 7.30. The van der Waals surface area contributed by atoms with E-state index in [9.17, 15) is 19.6 Å². The van der Waals surface area contributed by atoms with Crippen molar-refractivity contribution in [1.29, 1.82) is 5.26 Å². The van der Waals surface area contributed by atoms with E-state index in [1.165, 1.54) is 13.2 Å². The van der Waals surface area contributed by atoms with Gasteiger partial charge in [-0.1, -0.05) is 32.0 Å². The Morgan fingerprint density at radius 1 is 1.36 bits per heavy atom. The maximum Gasteiger partial charge on any atom is 0.340 e. The molecule has 0 aliphatic heterocycles. The Bertz CT molecular complexity index is 776. The van der Waals surface area contributed by atoms with Crippen molar-refractivity contribution in [3.8, 4) is 6.07 Å². The molecule has 1 N–H and O–H groups in total. The van der Waals surface area contributed by atoms with Crippen LogP contribution in [0.1, 0.15) is 48.8 Å². The standard InChI is InChI=1S/C19H25N3O5S/c1-6-11(3)16(19(25)26-5)22-15(23)10-28-17-13(9-20)8-14(12(4)21-17)18(24)27-7-2/h8,11,16H,6-7,10H2,1-5H3,(H,22,23)/t11-,16+/m1/s1. The second-order valence-corrected chi connectivity index (χ2v) is 7.01. The Kier molecular flexibility index (Phi) is 9.45. The highest BCUT2D eigenvalue weighted by Crippen LogP contribution is 2.23. The van der Waals surface area contributed by atoms with Gasteiger partial charge in [0.05, 0.1) is 36.3 Å². The third-order valence-electron chi connectivity index (χ3n) is 4.12. The molecule has 0 fully saturated rings. The first-order chi connectivity index (χ1) is 13.3. The van der Waals surface area contributed by atoms with Gasteiger partial charge in [0, 0.05) is 0 Å². The third kappa shape index (κ3) is 6.23. The zero-order valence-corrected chi connectivity index (χ0v) is 17.5. The molecular formula is C19H25N3O5S. The summed E-state index contributed by atoms with van der Waals surface area (Å²) < 4.78 is 9.70. The van der Waals surface area contributed by atoms with Crippen LogP contribution >= 0.6 is 11.8 Å². The first kappa shape index (κ1) is 23.4. The maximum atomic E-state index is 12.3. The van der Waals surface area contributed by atoms with Gasteiger partial charge in [0.25, 0.3) is 0 Å². The van der Waals surface area contributed by atoms with Crippen LogP contribution in [0.25, 0.3) is 0 Å². The normalized spacial score (nSPS) is 12.4. The zero-order valence-electron chi connectivity index (χ0n) is 16.7. The Hall–Kier alpha value is -2.60. The Labute approximate surface area is 169 Å². The summed E-state index contributed by atoms with van der Waals surface area (Å²) in [5.74, 6) is -1.55. The van der Waals surface area contributed by atoms with Crippen LogP contribution < -0.4 is 5.32 Å². The molecule has 1 rings (SSSR count). The SMILES string of the molecule is CCOC(=O)c1cc(C#N)c(SCC(=O)N[C@H](C(=O)OC)[C@H](C)CC)nc1C. The number of thioether (sulfide) groups is 1. The number of hydrogen-bond donors (Lipinski definition) is 1. The molecule has 9 heteroatoms. The molecule has 0 saturated heterocycles. The molecule has 0 spiro atoms. The second kappa shape index (κ2) is 11.3. The minimum absolute atomic E-state index is 0.0379. The molecule has 1 aromatic rings. The van der Waals surface area contributed by atoms with E-state index < -0.39 is 18.0 Å². The quantitative estimate of drug-likeness (QED) is 0.489. The monoisotopic (exact) mass is 407 g/mol. The molecule has 2 atom stereocenters. The number of methoxy groups -OCH3 is 1. The number of aromatic nitrogens is 1. The fraction of sp³-hybridized carbons (Fsp3) is 0.526. The van der Waals surface area contributed by atoms with Gasteiger partial charge in [-0.05, 0) is 25.8 Å². The van der Waals surface area contributed by atoms with E-state index in [0.717, 1.165) is 11.8 Å². The summed E-state index contributed by atoms with van der Waals surface area (Å²) in [6.07, 6.45) is 0.696. The summed E-state index contributed by atoms with van der Waals surface area (Å²) in [4.78, 5) is 40.4. The van der Waals surface area contributed by atoms with Gasteiger partial charge in [-0.25, -0.2) is 14.6 Å². The van der Waals surface area contributed by atoms with Gasteiger partial charge >= 0.3 is 11.9 Å². The van der Waals surface area contributed by atoms with E-state index in [0.29, 0.717) is 17.1 Å². The van der Waals surface area contributed by atoms with Gasteiger partial charge in [-0.2, -0.15) is 5.26 Å². The lowest BCUT2D eigenvalue weighted by molar-refractivity contribution is -0.146. The van der Waals surface area contributed by atoms with Crippen LogP contribution in [-0.2, 0) is 19.1 Å². The molecule has 152 valence electrons. The molecule has 0 radical (unpaired) electrons. The predicted molar refractivity (Wildman–Crippen MR) is 104 cm³/mol. The number of nitrogens with zero attached hydrogens (tertiary/aromatic N) is 2. The molecule has 1 aromatic heterocycles. The summed E-state index contributed by atoms with van der Waals surface area (Å²) in [5.41, 5.74) is 0.806. The molecule has 1 heterocycles. The van der Waals surface area contributed by atoms with Crippen molar-refractivity contribution < 1.29 is 23.9 Å². The number of amides is 1. The molecule has 0 bridgehead atoms. The van der Waals surface area contributed by atoms with Crippen molar-refractivity contribution in [2.45, 2.75) is 45.2 Å². The molecule has 0 aliphatic rings. The van der Waals surface area contributed by atoms with Crippen LogP contribution in [0, 0.1) is 24.2 Å². The number of aryl methyl sites for hydroxylation is 1. The summed E-state index contributed by atoms with van der Waals surface area (Å²) in [6, 6.07) is 2.66. The molecule has 0 aromatic carbocycles. The van der Waals surface area contributed by atoms with Gasteiger partial charge in [0.1, 0.15) is 17.1 Å². The topological polar surface area (TPSA) is 118 Å². The van der Waals surface area contributed by atoms with Crippen molar-refractivity contribution in [2.24, 2.45) is 5.92 Å². The van der Waals surface area contributed by atoms with Crippen LogP contribution in [0.3, 0.4) is 0 Å². The molecule has 0 saturated carbocycles. The van der Waals surface area contributed by atoms with Gasteiger partial charge in [0.2, 0.25) is 5.91 Å². The van der Waals surface area contributed by atoms with E-state index >= 15 is 0 Å². The molecule has 0 aliphatic carbocycles. The molecule has 0 unspecified atom stereocenters. The van der Waals surface area contributed by atoms with Crippen LogP contribution in [0.4, 0.5) is 0 Å². The minimum Gasteiger partial charge on any atom is -0.467 e. The lowest BCUT2D eigenvalue weighted by Crippen LogP contribution is -2.46. The molecule has 1 amide bonds. The predicted octanol–water partition coefficient (Wildman–Crippen LogP) is 2.23. The van der Waals surface area contributed by atoms with Gasteiger partial charge in [0.15, 0.2) is 0 Å². The minimum atomic E-state index is -0.737. The van der Waals surface area contributed by atoms with Gasteiger partial charge < -0.3 is 14.8 Å². The number of nitrogens with one attached hydrogen (secondary N) is 1. The van der Waals surface area contributed by atoms with E-state index in [2.05, 4.69) is 10.3 Å². The third-order valence-corrected chi connectivity index (χ3v) is 5.11. The number of hydrogen-bond acceptors (Lipinski definition) is 8. The number of pyridine rings is 1. The number of esters is 2. The maximum absolute atomic E-state index is 12.3. The van der Waals surface area contributed by atoms with Gasteiger partial charge in [-0.15, -0.1) is 0 Å². The summed E-state index contributed by atoms with van der Waals surface area (Å²) >= 11 is 1.06. The Morgan fingerprint density at radius 3 is 2.57 bits per heavy atom. The van der Waals surface area contributed by atoms with Crippen molar-refractivity contribution in [1.82, 2.24) is 10.3 Å². The first-order valence-electron chi connectivity index (χ1n) is 8.87. The number of rotatable bonds is 9. The van der Waals surface area contributed by atoms with Crippen molar-refractivity contribution in [3.63, 3.8) is 0 Å². The smallest absolute Gasteiger partial charge is 0.340 e. The fourth-order valence-corrected chi connectivity index (χ4v) is 3.15. The molecular weight excluding hydrogens is 382 g/mol. The number of carbonyl (C=O) groups excluding carboxylic acids is 3. The van der Waals surface area contributed by atoms with E-state index in [1.54, 1.807) is 13.8 Å². The number of ether oxygens (including phenoxy) is 2. The fourth-order valence-electron chi connectivity index (χ4n) is 2.33. The average molecular weight is 407 g/mol. The molecule has 8 nitrogen and oxygen atoms in total. The van der Waals surface area contributed by atoms with Crippen LogP contribution in [0.2, 0.25) is 0 Å². The van der Waals surface area contributed by atoms with E-state index in [-0.39, 0.29) is 35.3 Å². The zero-order chi connectivity index (χ0) is 21.3. The number of carbonyl (C=O) groups is 3. The van der Waals surface area contributed by atoms with Crippen LogP contribution in [-0.4, -0.2) is 48.3 Å². The van der Waals surface area contributed by atoms with Crippen LogP contribution in [0.15, 0.2) is 11.1 Å². The largest absolute Gasteiger partial charge is 0.467 e. The highest BCUT2D eigenvalue weighted by Gasteiger charge is 2.27. The van der Waals surface area contributed by atoms with Crippen molar-refractivity contribution in [2.75, 3.05) is 19.5 Å². The lowest BCUT2D eigenvalue weighted by atomic mass is 9.99. The average Bonchev–Trinajstić information content (AvgIpc) is 2.69. The lowest BCUT2D eigenvalue weighted by Gasteiger charge is -2.21. The van der Waals surface area contributed by atoms with Crippen molar-refractivity contribution in [3.05, 3.63) is 22.9 Å². The summed E-state index contributed by atoms with van der Waals surface area (Å²) in [5, 5.41) is 12.4. The van der Waals surface area contributed by atoms with Gasteiger partial charge in [-0.3, -0.25) is 4.79 Å². The molecule has 28 heavy (non-hydrogen) atoms. The first-order valence-corrected chi connectivity index (χ1v) is 9.86. The Morgan fingerprint density at radius 2 is 2.04 bits per heavy atom. The highest BCUT2D eigenvalue weighted by atomic mass is 32.2. The highest BCUT2D eigenvalue weighted by molar-refractivity contribution is 8.00. The van der Waals surface area contributed by atoms with E-state index in [1.807, 2.05) is 19.9 Å². The summed E-state index contributed by atoms with van der Waals surface area (Å²) in [7, 11) is 1.27. The van der Waals surface area contributed by atoms with Crippen molar-refractivity contribution >= 4 is 29.6 Å².